The molecule has 2 N–H and O–H groups in total. The lowest BCUT2D eigenvalue weighted by molar-refractivity contribution is -0.121. The van der Waals surface area contributed by atoms with E-state index in [0.717, 1.165) is 5.56 Å². The first-order valence-electron chi connectivity index (χ1n) is 6.50. The Labute approximate surface area is 137 Å². The number of carbonyl (C=O) groups is 1. The highest BCUT2D eigenvalue weighted by atomic mass is 79.9. The third-order valence-electron chi connectivity index (χ3n) is 2.82. The van der Waals surface area contributed by atoms with Crippen molar-refractivity contribution in [3.63, 3.8) is 0 Å². The predicted molar refractivity (Wildman–Crippen MR) is 84.5 cm³/mol. The molecule has 0 radical (unpaired) electrons. The van der Waals surface area contributed by atoms with Crippen molar-refractivity contribution in [3.05, 3.63) is 52.9 Å². The lowest BCUT2D eigenvalue weighted by Gasteiger charge is -2.07. The monoisotopic (exact) mass is 386 g/mol. The first-order chi connectivity index (χ1) is 10.5. The minimum absolute atomic E-state index is 0.0338. The molecule has 1 heterocycles. The summed E-state index contributed by atoms with van der Waals surface area (Å²) in [6.45, 7) is 0.389. The number of benzene rings is 1. The number of rotatable bonds is 7. The Morgan fingerprint density at radius 3 is 2.77 bits per heavy atom. The van der Waals surface area contributed by atoms with E-state index in [1.807, 2.05) is 0 Å². The Morgan fingerprint density at radius 2 is 2.09 bits per heavy atom. The van der Waals surface area contributed by atoms with E-state index < -0.39 is 10.0 Å². The van der Waals surface area contributed by atoms with E-state index in [4.69, 9.17) is 4.42 Å². The normalized spacial score (nSPS) is 11.3. The standard InChI is InChI=1S/C14H15BrN2O4S/c15-12-2-1-3-13(8-12)22(19,20)17-6-4-14(18)16-9-11-5-7-21-10-11/h1-3,5,7-8,10,17H,4,6,9H2,(H,16,18). The van der Waals surface area contributed by atoms with Crippen molar-refractivity contribution >= 4 is 31.9 Å². The minimum Gasteiger partial charge on any atom is -0.472 e. The number of furan rings is 1. The first-order valence-corrected chi connectivity index (χ1v) is 8.78. The second-order valence-electron chi connectivity index (χ2n) is 4.51. The Balaban J connectivity index is 1.78. The van der Waals surface area contributed by atoms with Crippen LogP contribution in [-0.2, 0) is 21.4 Å². The molecule has 0 spiro atoms. The van der Waals surface area contributed by atoms with Crippen LogP contribution in [0.5, 0.6) is 0 Å². The molecule has 6 nitrogen and oxygen atoms in total. The van der Waals surface area contributed by atoms with Crippen LogP contribution in [0.25, 0.3) is 0 Å². The smallest absolute Gasteiger partial charge is 0.240 e. The number of amides is 1. The fraction of sp³-hybridized carbons (Fsp3) is 0.214. The summed E-state index contributed by atoms with van der Waals surface area (Å²) in [5.41, 5.74) is 0.850. The van der Waals surface area contributed by atoms with Crippen LogP contribution in [0.2, 0.25) is 0 Å². The Kier molecular flexibility index (Phi) is 5.76. The Hall–Kier alpha value is -1.64. The molecule has 118 valence electrons. The molecule has 0 fully saturated rings. The SMILES string of the molecule is O=C(CCNS(=O)(=O)c1cccc(Br)c1)NCc1ccoc1. The van der Waals surface area contributed by atoms with Gasteiger partial charge in [-0.3, -0.25) is 4.79 Å². The zero-order chi connectivity index (χ0) is 16.0. The van der Waals surface area contributed by atoms with Gasteiger partial charge in [0.15, 0.2) is 0 Å². The Bertz CT molecular complexity index is 729. The molecular weight excluding hydrogens is 372 g/mol. The number of halogens is 1. The number of carbonyl (C=O) groups excluding carboxylic acids is 1. The molecule has 22 heavy (non-hydrogen) atoms. The highest BCUT2D eigenvalue weighted by Crippen LogP contribution is 2.15. The van der Waals surface area contributed by atoms with Gasteiger partial charge in [-0.05, 0) is 24.3 Å². The first kappa shape index (κ1) is 16.7. The van der Waals surface area contributed by atoms with E-state index in [-0.39, 0.29) is 23.8 Å². The zero-order valence-corrected chi connectivity index (χ0v) is 14.0. The average molecular weight is 387 g/mol. The van der Waals surface area contributed by atoms with Crippen molar-refractivity contribution in [1.29, 1.82) is 0 Å². The molecule has 2 rings (SSSR count). The van der Waals surface area contributed by atoms with E-state index in [1.165, 1.54) is 24.7 Å². The van der Waals surface area contributed by atoms with E-state index in [1.54, 1.807) is 18.2 Å². The third kappa shape index (κ3) is 4.97. The maximum absolute atomic E-state index is 12.0. The highest BCUT2D eigenvalue weighted by Gasteiger charge is 2.14. The van der Waals surface area contributed by atoms with E-state index in [0.29, 0.717) is 11.0 Å². The fourth-order valence-electron chi connectivity index (χ4n) is 1.70. The molecule has 0 bridgehead atoms. The molecule has 1 aromatic carbocycles. The minimum atomic E-state index is -3.61. The highest BCUT2D eigenvalue weighted by molar-refractivity contribution is 9.10. The van der Waals surface area contributed by atoms with Gasteiger partial charge in [-0.25, -0.2) is 13.1 Å². The number of hydrogen-bond acceptors (Lipinski definition) is 4. The maximum atomic E-state index is 12.0. The zero-order valence-electron chi connectivity index (χ0n) is 11.6. The molecule has 0 saturated heterocycles. The van der Waals surface area contributed by atoms with Crippen LogP contribution in [0, 0.1) is 0 Å². The van der Waals surface area contributed by atoms with Crippen LogP contribution in [0.15, 0.2) is 56.6 Å². The third-order valence-corrected chi connectivity index (χ3v) is 4.77. The van der Waals surface area contributed by atoms with Gasteiger partial charge >= 0.3 is 0 Å². The fourth-order valence-corrected chi connectivity index (χ4v) is 3.33. The van der Waals surface area contributed by atoms with Gasteiger partial charge in [-0.2, -0.15) is 0 Å². The molecule has 0 unspecified atom stereocenters. The molecular formula is C14H15BrN2O4S. The van der Waals surface area contributed by atoms with Crippen LogP contribution in [0.3, 0.4) is 0 Å². The van der Waals surface area contributed by atoms with Gasteiger partial charge in [0.05, 0.1) is 17.4 Å². The molecule has 0 aliphatic carbocycles. The summed E-state index contributed by atoms with van der Waals surface area (Å²) >= 11 is 3.22. The summed E-state index contributed by atoms with van der Waals surface area (Å²) in [4.78, 5) is 11.8. The van der Waals surface area contributed by atoms with Gasteiger partial charge in [0, 0.05) is 29.5 Å². The van der Waals surface area contributed by atoms with Crippen molar-refractivity contribution in [3.8, 4) is 0 Å². The van der Waals surface area contributed by atoms with Gasteiger partial charge in [0.1, 0.15) is 0 Å². The summed E-state index contributed by atoms with van der Waals surface area (Å²) in [7, 11) is -3.61. The van der Waals surface area contributed by atoms with Crippen LogP contribution >= 0.6 is 15.9 Å². The Morgan fingerprint density at radius 1 is 1.27 bits per heavy atom. The average Bonchev–Trinajstić information content (AvgIpc) is 2.98. The number of nitrogens with one attached hydrogen (secondary N) is 2. The summed E-state index contributed by atoms with van der Waals surface area (Å²) in [5, 5.41) is 2.68. The van der Waals surface area contributed by atoms with Crippen molar-refractivity contribution < 1.29 is 17.6 Å². The lowest BCUT2D eigenvalue weighted by atomic mass is 10.3. The quantitative estimate of drug-likeness (QED) is 0.761. The van der Waals surface area contributed by atoms with Crippen molar-refractivity contribution in [2.45, 2.75) is 17.9 Å². The summed E-state index contributed by atoms with van der Waals surface area (Å²) in [5.74, 6) is -0.238. The van der Waals surface area contributed by atoms with Gasteiger partial charge in [-0.1, -0.05) is 22.0 Å². The van der Waals surface area contributed by atoms with E-state index in [2.05, 4.69) is 26.0 Å². The molecule has 8 heteroatoms. The predicted octanol–water partition coefficient (Wildman–Crippen LogP) is 2.03. The molecule has 1 amide bonds. The van der Waals surface area contributed by atoms with Gasteiger partial charge in [0.25, 0.3) is 0 Å². The van der Waals surface area contributed by atoms with Crippen molar-refractivity contribution in [2.24, 2.45) is 0 Å². The summed E-state index contributed by atoms with van der Waals surface area (Å²) < 4.78 is 32.0. The molecule has 1 aromatic heterocycles. The van der Waals surface area contributed by atoms with Crippen LogP contribution in [-0.4, -0.2) is 20.9 Å². The number of hydrogen-bond donors (Lipinski definition) is 2. The molecule has 0 aliphatic heterocycles. The van der Waals surface area contributed by atoms with E-state index >= 15 is 0 Å². The second-order valence-corrected chi connectivity index (χ2v) is 7.20. The molecule has 0 saturated carbocycles. The molecule has 0 aliphatic rings. The maximum Gasteiger partial charge on any atom is 0.240 e. The van der Waals surface area contributed by atoms with Crippen LogP contribution in [0.1, 0.15) is 12.0 Å². The molecule has 2 aromatic rings. The second kappa shape index (κ2) is 7.57. The topological polar surface area (TPSA) is 88.4 Å². The van der Waals surface area contributed by atoms with Gasteiger partial charge < -0.3 is 9.73 Å². The van der Waals surface area contributed by atoms with E-state index in [9.17, 15) is 13.2 Å². The lowest BCUT2D eigenvalue weighted by Crippen LogP contribution is -2.30. The summed E-state index contributed by atoms with van der Waals surface area (Å²) in [6.07, 6.45) is 3.12. The van der Waals surface area contributed by atoms with Crippen LogP contribution in [0.4, 0.5) is 0 Å². The van der Waals surface area contributed by atoms with Gasteiger partial charge in [0.2, 0.25) is 15.9 Å². The largest absolute Gasteiger partial charge is 0.472 e. The summed E-state index contributed by atoms with van der Waals surface area (Å²) in [6, 6.07) is 8.11. The molecule has 0 atom stereocenters. The van der Waals surface area contributed by atoms with Crippen LogP contribution < -0.4 is 10.0 Å². The van der Waals surface area contributed by atoms with Gasteiger partial charge in [-0.15, -0.1) is 0 Å². The number of sulfonamides is 1. The van der Waals surface area contributed by atoms with Crippen molar-refractivity contribution in [1.82, 2.24) is 10.0 Å². The van der Waals surface area contributed by atoms with Crippen molar-refractivity contribution in [2.75, 3.05) is 6.54 Å².